The van der Waals surface area contributed by atoms with Crippen LogP contribution in [-0.4, -0.2) is 107 Å². The van der Waals surface area contributed by atoms with Gasteiger partial charge in [0.05, 0.1) is 56.9 Å². The number of aromatic nitrogens is 4. The second-order valence-electron chi connectivity index (χ2n) is 12.1. The molecule has 2 saturated heterocycles. The number of nitrogens with zero attached hydrogens (tertiary/aromatic N) is 4. The zero-order valence-electron chi connectivity index (χ0n) is 33.8. The first-order chi connectivity index (χ1) is 28.8. The Labute approximate surface area is 359 Å². The summed E-state index contributed by atoms with van der Waals surface area (Å²) in [6.07, 6.45) is -0.188. The number of ether oxygens (including phenoxy) is 3. The Bertz CT molecular complexity index is 2170. The molecule has 2 fully saturated rings. The van der Waals surface area contributed by atoms with Crippen LogP contribution in [0.3, 0.4) is 0 Å². The average Bonchev–Trinajstić information content (AvgIpc) is 3.88. The Balaban J connectivity index is 0.000000250. The summed E-state index contributed by atoms with van der Waals surface area (Å²) >= 11 is 2.73. The fourth-order valence-corrected chi connectivity index (χ4v) is 10.8. The number of aliphatic hydroxyl groups excluding tert-OH is 1. The molecule has 344 valence electrons. The van der Waals surface area contributed by atoms with Crippen molar-refractivity contribution in [1.29, 1.82) is 0 Å². The van der Waals surface area contributed by atoms with Crippen LogP contribution in [0.1, 0.15) is 45.7 Å². The summed E-state index contributed by atoms with van der Waals surface area (Å²) in [7, 11) is -10.8. The van der Waals surface area contributed by atoms with Crippen molar-refractivity contribution in [1.82, 2.24) is 19.1 Å². The fraction of sp³-hybridized carbons (Fsp3) is 0.576. The number of aliphatic hydroxyl groups is 1. The topological polar surface area (TPSA) is 284 Å². The van der Waals surface area contributed by atoms with Crippen LogP contribution in [0.5, 0.6) is 0 Å². The number of nitrogen functional groups attached to an aromatic ring is 2. The highest BCUT2D eigenvalue weighted by Crippen LogP contribution is 2.49. The Morgan fingerprint density at radius 1 is 0.787 bits per heavy atom. The van der Waals surface area contributed by atoms with E-state index in [9.17, 15) is 35.9 Å². The van der Waals surface area contributed by atoms with Crippen molar-refractivity contribution in [2.24, 2.45) is 0 Å². The second-order valence-corrected chi connectivity index (χ2v) is 20.1. The van der Waals surface area contributed by atoms with Crippen molar-refractivity contribution < 1.29 is 67.9 Å². The molecule has 0 bridgehead atoms. The van der Waals surface area contributed by atoms with Crippen molar-refractivity contribution >= 4 is 60.5 Å². The first kappa shape index (κ1) is 52.5. The smallest absolute Gasteiger partial charge is 0.357 e. The van der Waals surface area contributed by atoms with Gasteiger partial charge in [-0.3, -0.25) is 22.4 Å². The SMILES string of the molecule is CCOP(=O)(COCC1OC(n2cc(F)c(N)nc2=O)CS1)OCC.CCOP(=O)(COS(=O)(=O)c1ccc(C)cc1)OCC.Nc1nc(=O)n(C2CSC(CO)O2)cc1F. The van der Waals surface area contributed by atoms with E-state index in [0.717, 1.165) is 27.1 Å². The van der Waals surface area contributed by atoms with Crippen LogP contribution in [-0.2, 0) is 55.7 Å². The number of rotatable bonds is 19. The third kappa shape index (κ3) is 16.4. The molecule has 0 spiro atoms. The van der Waals surface area contributed by atoms with Crippen LogP contribution in [0.2, 0.25) is 0 Å². The molecule has 5 rings (SSSR count). The molecule has 4 heterocycles. The largest absolute Gasteiger partial charge is 0.393 e. The van der Waals surface area contributed by atoms with Gasteiger partial charge in [-0.15, -0.1) is 23.5 Å². The molecule has 2 aliphatic heterocycles. The Morgan fingerprint density at radius 2 is 1.21 bits per heavy atom. The molecule has 4 atom stereocenters. The van der Waals surface area contributed by atoms with Gasteiger partial charge in [0, 0.05) is 11.5 Å². The highest BCUT2D eigenvalue weighted by atomic mass is 32.2. The van der Waals surface area contributed by atoms with Gasteiger partial charge in [-0.25, -0.2) is 18.4 Å². The summed E-state index contributed by atoms with van der Waals surface area (Å²) in [6.45, 7) is 9.29. The van der Waals surface area contributed by atoms with Gasteiger partial charge in [0.15, 0.2) is 29.6 Å². The van der Waals surface area contributed by atoms with E-state index in [1.54, 1.807) is 39.8 Å². The number of hydrogen-bond acceptors (Lipinski definition) is 21. The molecule has 2 aliphatic rings. The van der Waals surface area contributed by atoms with Crippen LogP contribution in [0.25, 0.3) is 0 Å². The third-order valence-electron chi connectivity index (χ3n) is 7.59. The van der Waals surface area contributed by atoms with Crippen molar-refractivity contribution in [3.05, 3.63) is 74.8 Å². The van der Waals surface area contributed by atoms with E-state index in [1.807, 2.05) is 6.92 Å². The molecule has 5 N–H and O–H groups in total. The summed E-state index contributed by atoms with van der Waals surface area (Å²) in [5.74, 6) is -1.56. The van der Waals surface area contributed by atoms with E-state index in [-0.39, 0.29) is 50.9 Å². The van der Waals surface area contributed by atoms with Gasteiger partial charge in [-0.1, -0.05) is 17.7 Å². The van der Waals surface area contributed by atoms with E-state index in [1.165, 1.54) is 35.7 Å². The monoisotopic (exact) mass is 966 g/mol. The Morgan fingerprint density at radius 3 is 1.64 bits per heavy atom. The van der Waals surface area contributed by atoms with Crippen LogP contribution < -0.4 is 22.8 Å². The highest BCUT2D eigenvalue weighted by molar-refractivity contribution is 8.00. The van der Waals surface area contributed by atoms with Crippen molar-refractivity contribution in [3.63, 3.8) is 0 Å². The molecular formula is C33H50F2N6O15P2S3. The summed E-state index contributed by atoms with van der Waals surface area (Å²) < 4.78 is 118. The number of benzene rings is 1. The Hall–Kier alpha value is -2.81. The molecular weight excluding hydrogens is 917 g/mol. The van der Waals surface area contributed by atoms with Gasteiger partial charge in [0.1, 0.15) is 29.7 Å². The standard InChI is InChI=1S/C13H21FN3O6PS.C12H19O6PS.C8H10FN3O3S/c1-3-21-24(19,22-4-2)8-20-6-11-23-10(7-25-11)17-5-9(14)12(15)16-13(17)18;1-4-16-19(13,17-5-2)10-18-20(14,15)12-8-6-11(3)7-9-12;9-4-1-12(8(14)11-7(4)10)5-3-16-6(2-13)15-5/h5,10-11H,3-4,6-8H2,1-2H3,(H2,15,16,18);6-9H,4-5,10H2,1-3H3;1,5-6,13H,2-3H2,(H2,10,11,14). The predicted octanol–water partition coefficient (Wildman–Crippen LogP) is 4.26. The number of hydrogen-bond donors (Lipinski definition) is 3. The van der Waals surface area contributed by atoms with Gasteiger partial charge in [0.2, 0.25) is 0 Å². The summed E-state index contributed by atoms with van der Waals surface area (Å²) in [5, 5.41) is 8.86. The van der Waals surface area contributed by atoms with Crippen LogP contribution in [0.15, 0.2) is 51.1 Å². The molecule has 1 aromatic carbocycles. The molecule has 21 nitrogen and oxygen atoms in total. The number of nitrogens with two attached hydrogens (primary N) is 2. The molecule has 4 unspecified atom stereocenters. The van der Waals surface area contributed by atoms with Crippen LogP contribution in [0, 0.1) is 18.6 Å². The normalized spacial score (nSPS) is 19.2. The lowest BCUT2D eigenvalue weighted by atomic mass is 10.2. The van der Waals surface area contributed by atoms with Gasteiger partial charge in [-0.2, -0.15) is 18.4 Å². The van der Waals surface area contributed by atoms with Gasteiger partial charge in [-0.05, 0) is 46.8 Å². The van der Waals surface area contributed by atoms with Crippen molar-refractivity contribution in [2.45, 2.75) is 62.8 Å². The maximum absolute atomic E-state index is 13.5. The van der Waals surface area contributed by atoms with Crippen LogP contribution in [0.4, 0.5) is 20.4 Å². The van der Waals surface area contributed by atoms with E-state index >= 15 is 0 Å². The molecule has 28 heteroatoms. The lowest BCUT2D eigenvalue weighted by molar-refractivity contribution is -0.0207. The van der Waals surface area contributed by atoms with Gasteiger partial charge in [0.25, 0.3) is 10.1 Å². The van der Waals surface area contributed by atoms with E-state index in [4.69, 9.17) is 53.1 Å². The lowest BCUT2D eigenvalue weighted by Gasteiger charge is -2.18. The first-order valence-electron chi connectivity index (χ1n) is 18.4. The van der Waals surface area contributed by atoms with E-state index < -0.39 is 89.6 Å². The molecule has 61 heavy (non-hydrogen) atoms. The van der Waals surface area contributed by atoms with Gasteiger partial charge >= 0.3 is 26.6 Å². The van der Waals surface area contributed by atoms with Gasteiger partial charge < -0.3 is 48.9 Å². The number of anilines is 2. The molecule has 3 aromatic rings. The van der Waals surface area contributed by atoms with E-state index in [0.29, 0.717) is 11.5 Å². The van der Waals surface area contributed by atoms with E-state index in [2.05, 4.69) is 9.97 Å². The first-order valence-corrected chi connectivity index (χ1v) is 25.3. The quantitative estimate of drug-likeness (QED) is 0.112. The second kappa shape index (κ2) is 24.9. The average molecular weight is 967 g/mol. The zero-order valence-corrected chi connectivity index (χ0v) is 38.1. The van der Waals surface area contributed by atoms with Crippen molar-refractivity contribution in [3.8, 4) is 0 Å². The number of halogens is 2. The van der Waals surface area contributed by atoms with Crippen molar-refractivity contribution in [2.75, 3.05) is 75.3 Å². The zero-order chi connectivity index (χ0) is 45.4. The molecule has 0 saturated carbocycles. The minimum absolute atomic E-state index is 0.00245. The summed E-state index contributed by atoms with van der Waals surface area (Å²) in [4.78, 5) is 29.9. The number of thioether (sulfide) groups is 2. The molecule has 0 aliphatic carbocycles. The maximum Gasteiger partial charge on any atom is 0.357 e. The lowest BCUT2D eigenvalue weighted by Crippen LogP contribution is -2.30. The number of aryl methyl sites for hydroxylation is 1. The van der Waals surface area contributed by atoms with Crippen LogP contribution >= 0.6 is 38.7 Å². The fourth-order valence-electron chi connectivity index (χ4n) is 4.87. The molecule has 0 radical (unpaired) electrons. The third-order valence-corrected chi connectivity index (χ3v) is 14.8. The maximum atomic E-state index is 13.5. The predicted molar refractivity (Wildman–Crippen MR) is 222 cm³/mol. The molecule has 2 aromatic heterocycles. The summed E-state index contributed by atoms with van der Waals surface area (Å²) in [5.41, 5.74) is 9.19. The summed E-state index contributed by atoms with van der Waals surface area (Å²) in [6, 6.07) is 6.16. The Kier molecular flexibility index (Phi) is 21.4. The minimum Gasteiger partial charge on any atom is -0.393 e. The highest BCUT2D eigenvalue weighted by Gasteiger charge is 2.32. The minimum atomic E-state index is -3.98. The molecule has 0 amide bonds.